The standard InChI is InChI=1S/C45H43N7O14/c1-22(2)65-38-32(19-17-30(36(38)54)43(59)50-33-20-18-31(45(61)62)37(55)39(33)66-23(3)4)49-41(57)24-7-13-28(14-8-24)48-44(60)34(21-35(46)53)51-42(58)25-5-11-27(12-6-25)47-40(56)26-9-15-29(16-10-26)52(63)64/h5-20,22-23,34,54-55H,21H2,1-4H3,(H2,46,53)(H,47,56)(H,48,60)(H,49,57)(H,50,59)(H,51,58)(H,61,62)/t34-/m0/s1. The number of nitro groups is 1. The summed E-state index contributed by atoms with van der Waals surface area (Å²) >= 11 is 0. The number of benzene rings is 5. The van der Waals surface area contributed by atoms with Crippen LogP contribution >= 0.6 is 0 Å². The first-order valence-corrected chi connectivity index (χ1v) is 19.8. The van der Waals surface area contributed by atoms with E-state index in [0.29, 0.717) is 5.69 Å². The number of carbonyl (C=O) groups is 7. The third kappa shape index (κ3) is 12.1. The quantitative estimate of drug-likeness (QED) is 0.0379. The molecule has 0 aliphatic carbocycles. The van der Waals surface area contributed by atoms with Crippen molar-refractivity contribution in [1.82, 2.24) is 5.32 Å². The van der Waals surface area contributed by atoms with Gasteiger partial charge >= 0.3 is 5.97 Å². The Labute approximate surface area is 375 Å². The molecule has 5 aromatic carbocycles. The summed E-state index contributed by atoms with van der Waals surface area (Å²) < 4.78 is 11.4. The van der Waals surface area contributed by atoms with Gasteiger partial charge in [-0.2, -0.15) is 0 Å². The van der Waals surface area contributed by atoms with Crippen LogP contribution in [0.2, 0.25) is 0 Å². The highest BCUT2D eigenvalue weighted by atomic mass is 16.6. The molecule has 5 rings (SSSR count). The van der Waals surface area contributed by atoms with Crippen LogP contribution in [-0.4, -0.2) is 79.9 Å². The Morgan fingerprint density at radius 3 is 1.48 bits per heavy atom. The summed E-state index contributed by atoms with van der Waals surface area (Å²) in [5.74, 6) is -8.00. The number of carboxylic acids is 1. The molecule has 10 N–H and O–H groups in total. The number of nitrogens with zero attached hydrogens (tertiary/aromatic N) is 1. The zero-order valence-corrected chi connectivity index (χ0v) is 35.5. The van der Waals surface area contributed by atoms with Crippen molar-refractivity contribution in [2.45, 2.75) is 52.4 Å². The molecule has 0 fully saturated rings. The molecule has 0 saturated heterocycles. The van der Waals surface area contributed by atoms with Crippen molar-refractivity contribution in [3.05, 3.63) is 135 Å². The largest absolute Gasteiger partial charge is 0.504 e. The number of hydrogen-bond donors (Lipinski definition) is 9. The number of aromatic carboxylic acids is 1. The van der Waals surface area contributed by atoms with Crippen LogP contribution in [0.15, 0.2) is 97.1 Å². The van der Waals surface area contributed by atoms with Gasteiger partial charge < -0.3 is 57.1 Å². The van der Waals surface area contributed by atoms with Gasteiger partial charge in [0.25, 0.3) is 29.3 Å². The van der Waals surface area contributed by atoms with Crippen molar-refractivity contribution in [1.29, 1.82) is 0 Å². The molecule has 0 unspecified atom stereocenters. The predicted octanol–water partition coefficient (Wildman–Crippen LogP) is 5.65. The van der Waals surface area contributed by atoms with E-state index in [9.17, 15) is 59.0 Å². The monoisotopic (exact) mass is 905 g/mol. The van der Waals surface area contributed by atoms with E-state index in [1.165, 1.54) is 91.0 Å². The number of ether oxygens (including phenoxy) is 2. The third-order valence-corrected chi connectivity index (χ3v) is 9.13. The maximum Gasteiger partial charge on any atom is 0.339 e. The fourth-order valence-electron chi connectivity index (χ4n) is 6.02. The van der Waals surface area contributed by atoms with Crippen LogP contribution in [0.25, 0.3) is 0 Å². The molecule has 0 saturated carbocycles. The molecule has 342 valence electrons. The van der Waals surface area contributed by atoms with E-state index < -0.39 is 88.1 Å². The number of rotatable bonds is 18. The van der Waals surface area contributed by atoms with Gasteiger partial charge in [0, 0.05) is 40.2 Å². The molecule has 0 bridgehead atoms. The molecule has 0 spiro atoms. The Morgan fingerprint density at radius 2 is 1.02 bits per heavy atom. The maximum atomic E-state index is 13.4. The van der Waals surface area contributed by atoms with Gasteiger partial charge in [0.2, 0.25) is 11.8 Å². The number of phenolic OH excluding ortho intramolecular Hbond substituents is 1. The van der Waals surface area contributed by atoms with Crippen LogP contribution in [0.1, 0.15) is 85.9 Å². The van der Waals surface area contributed by atoms with Crippen molar-refractivity contribution in [2.75, 3.05) is 21.3 Å². The number of non-ortho nitro benzene ring substituents is 1. The summed E-state index contributed by atoms with van der Waals surface area (Å²) in [6.07, 6.45) is -1.66. The minimum absolute atomic E-state index is 0.0286. The Balaban J connectivity index is 1.24. The van der Waals surface area contributed by atoms with Crippen molar-refractivity contribution in [2.24, 2.45) is 5.73 Å². The van der Waals surface area contributed by atoms with Crippen molar-refractivity contribution >= 4 is 69.8 Å². The molecule has 1 atom stereocenters. The number of hydrogen-bond acceptors (Lipinski definition) is 13. The number of anilines is 4. The average molecular weight is 906 g/mol. The molecule has 5 aromatic rings. The van der Waals surface area contributed by atoms with E-state index >= 15 is 0 Å². The predicted molar refractivity (Wildman–Crippen MR) is 238 cm³/mol. The Kier molecular flexibility index (Phi) is 15.2. The van der Waals surface area contributed by atoms with Crippen LogP contribution < -0.4 is 41.8 Å². The lowest BCUT2D eigenvalue weighted by Gasteiger charge is -2.20. The van der Waals surface area contributed by atoms with E-state index in [0.717, 1.165) is 6.07 Å². The molecular weight excluding hydrogens is 863 g/mol. The fraction of sp³-hybridized carbons (Fsp3) is 0.178. The zero-order chi connectivity index (χ0) is 48.4. The first kappa shape index (κ1) is 48.0. The second kappa shape index (κ2) is 20.9. The lowest BCUT2D eigenvalue weighted by molar-refractivity contribution is -0.384. The second-order valence-corrected chi connectivity index (χ2v) is 14.8. The van der Waals surface area contributed by atoms with Crippen molar-refractivity contribution < 1.29 is 63.3 Å². The number of phenols is 2. The Morgan fingerprint density at radius 1 is 0.591 bits per heavy atom. The smallest absolute Gasteiger partial charge is 0.339 e. The fourth-order valence-corrected chi connectivity index (χ4v) is 6.02. The second-order valence-electron chi connectivity index (χ2n) is 14.8. The maximum absolute atomic E-state index is 13.4. The average Bonchev–Trinajstić information content (AvgIpc) is 3.25. The lowest BCUT2D eigenvalue weighted by atomic mass is 10.1. The number of nitrogens with two attached hydrogens (primary N) is 1. The molecule has 0 heterocycles. The molecule has 21 nitrogen and oxygen atoms in total. The molecule has 66 heavy (non-hydrogen) atoms. The summed E-state index contributed by atoms with van der Waals surface area (Å²) in [5.41, 5.74) is 5.03. The minimum Gasteiger partial charge on any atom is -0.504 e. The molecule has 0 aromatic heterocycles. The zero-order valence-electron chi connectivity index (χ0n) is 35.5. The summed E-state index contributed by atoms with van der Waals surface area (Å²) in [5, 5.41) is 54.9. The Hall–Kier alpha value is -9.01. The number of carboxylic acid groups (broad SMARTS) is 1. The summed E-state index contributed by atoms with van der Waals surface area (Å²) in [7, 11) is 0. The van der Waals surface area contributed by atoms with Crippen molar-refractivity contribution in [3.63, 3.8) is 0 Å². The minimum atomic E-state index is -1.43. The Bertz CT molecular complexity index is 2700. The molecule has 21 heteroatoms. The molecule has 6 amide bonds. The van der Waals surface area contributed by atoms with Gasteiger partial charge in [-0.3, -0.25) is 38.9 Å². The van der Waals surface area contributed by atoms with E-state index in [4.69, 9.17) is 15.2 Å². The number of nitro benzene ring substituents is 1. The van der Waals surface area contributed by atoms with E-state index in [2.05, 4.69) is 26.6 Å². The topological polar surface area (TPSA) is 328 Å². The van der Waals surface area contributed by atoms with Gasteiger partial charge in [0.1, 0.15) is 11.6 Å². The van der Waals surface area contributed by atoms with Crippen LogP contribution in [0, 0.1) is 10.1 Å². The van der Waals surface area contributed by atoms with E-state index in [1.807, 2.05) is 0 Å². The number of aromatic hydroxyl groups is 2. The van der Waals surface area contributed by atoms with E-state index in [-0.39, 0.29) is 56.5 Å². The number of carbonyl (C=O) groups excluding carboxylic acids is 6. The lowest BCUT2D eigenvalue weighted by Crippen LogP contribution is -2.46. The first-order valence-electron chi connectivity index (χ1n) is 19.8. The van der Waals surface area contributed by atoms with Crippen LogP contribution in [0.3, 0.4) is 0 Å². The van der Waals surface area contributed by atoms with Crippen LogP contribution in [0.4, 0.5) is 28.4 Å². The molecular formula is C45H43N7O14. The highest BCUT2D eigenvalue weighted by Crippen LogP contribution is 2.41. The summed E-state index contributed by atoms with van der Waals surface area (Å²) in [4.78, 5) is 99.6. The van der Waals surface area contributed by atoms with E-state index in [1.54, 1.807) is 27.7 Å². The molecule has 0 aliphatic heterocycles. The molecule has 0 aliphatic rings. The van der Waals surface area contributed by atoms with Gasteiger partial charge in [-0.15, -0.1) is 0 Å². The van der Waals surface area contributed by atoms with Crippen LogP contribution in [0.5, 0.6) is 23.0 Å². The summed E-state index contributed by atoms with van der Waals surface area (Å²) in [6, 6.07) is 19.3. The highest BCUT2D eigenvalue weighted by molar-refractivity contribution is 6.11. The van der Waals surface area contributed by atoms with Gasteiger partial charge in [0.15, 0.2) is 23.0 Å². The number of primary amides is 1. The van der Waals surface area contributed by atoms with Crippen LogP contribution in [-0.2, 0) is 9.59 Å². The van der Waals surface area contributed by atoms with Gasteiger partial charge in [0.05, 0.1) is 40.5 Å². The number of amides is 6. The summed E-state index contributed by atoms with van der Waals surface area (Å²) in [6.45, 7) is 6.53. The first-order chi connectivity index (χ1) is 31.2. The molecule has 0 radical (unpaired) electrons. The van der Waals surface area contributed by atoms with Gasteiger partial charge in [-0.1, -0.05) is 0 Å². The third-order valence-electron chi connectivity index (χ3n) is 9.13. The van der Waals surface area contributed by atoms with Gasteiger partial charge in [-0.25, -0.2) is 4.79 Å². The number of nitrogens with one attached hydrogen (secondary N) is 5. The highest BCUT2D eigenvalue weighted by Gasteiger charge is 2.27. The normalized spacial score (nSPS) is 11.2. The SMILES string of the molecule is CC(C)Oc1c(NC(=O)c2ccc(NC(=O)c3ccc(NC(=O)[C@H](CC(N)=O)NC(=O)c4ccc(NC(=O)c5ccc([N+](=O)[O-])cc5)cc4)cc3)c(OC(C)C)c2O)ccc(C(=O)O)c1O. The van der Waals surface area contributed by atoms with Crippen molar-refractivity contribution in [3.8, 4) is 23.0 Å². The van der Waals surface area contributed by atoms with Gasteiger partial charge in [-0.05, 0) is 113 Å².